The van der Waals surface area contributed by atoms with Crippen LogP contribution >= 0.6 is 11.6 Å². The lowest BCUT2D eigenvalue weighted by Crippen LogP contribution is -2.29. The fraction of sp³-hybridized carbons (Fsp3) is 0.286. The smallest absolute Gasteiger partial charge is 0.307 e. The predicted molar refractivity (Wildman–Crippen MR) is 133 cm³/mol. The van der Waals surface area contributed by atoms with Crippen LogP contribution in [0, 0.1) is 19.7 Å². The topological polar surface area (TPSA) is 66.8 Å². The monoisotopic (exact) mass is 493 g/mol. The molecule has 35 heavy (non-hydrogen) atoms. The first kappa shape index (κ1) is 23.4. The van der Waals surface area contributed by atoms with Crippen LogP contribution in [0.4, 0.5) is 10.1 Å². The van der Waals surface area contributed by atoms with Gasteiger partial charge in [0.15, 0.2) is 11.6 Å². The third kappa shape index (κ3) is 3.96. The molecule has 180 valence electrons. The van der Waals surface area contributed by atoms with Crippen molar-refractivity contribution < 1.29 is 23.8 Å². The van der Waals surface area contributed by atoms with E-state index in [0.717, 1.165) is 28.7 Å². The highest BCUT2D eigenvalue weighted by molar-refractivity contribution is 6.34. The number of benzene rings is 3. The second-order valence-corrected chi connectivity index (χ2v) is 9.50. The first-order chi connectivity index (χ1) is 16.8. The van der Waals surface area contributed by atoms with Gasteiger partial charge in [0.1, 0.15) is 0 Å². The molecule has 3 aromatic carbocycles. The quantitative estimate of drug-likeness (QED) is 0.490. The zero-order valence-electron chi connectivity index (χ0n) is 19.6. The van der Waals surface area contributed by atoms with Crippen molar-refractivity contribution in [1.82, 2.24) is 0 Å². The van der Waals surface area contributed by atoms with E-state index in [9.17, 15) is 14.7 Å². The van der Waals surface area contributed by atoms with Gasteiger partial charge in [0.25, 0.3) is 5.91 Å². The molecule has 2 aliphatic rings. The third-order valence-electron chi connectivity index (χ3n) is 7.00. The van der Waals surface area contributed by atoms with Crippen LogP contribution in [0.3, 0.4) is 0 Å². The first-order valence-electron chi connectivity index (χ1n) is 11.7. The van der Waals surface area contributed by atoms with Crippen LogP contribution in [0.25, 0.3) is 11.1 Å². The van der Waals surface area contributed by atoms with Crippen LogP contribution in [-0.4, -0.2) is 30.1 Å². The largest absolute Gasteiger partial charge is 0.490 e. The van der Waals surface area contributed by atoms with Gasteiger partial charge in [0.2, 0.25) is 0 Å². The summed E-state index contributed by atoms with van der Waals surface area (Å²) in [5.41, 5.74) is 6.44. The lowest BCUT2D eigenvalue weighted by molar-refractivity contribution is -0.136. The Bertz CT molecular complexity index is 1380. The number of carbonyl (C=O) groups excluding carboxylic acids is 1. The molecule has 7 heteroatoms. The van der Waals surface area contributed by atoms with Gasteiger partial charge in [-0.1, -0.05) is 23.7 Å². The molecule has 0 aromatic heterocycles. The molecular weight excluding hydrogens is 469 g/mol. The number of fused-ring (bicyclic) bond motifs is 2. The third-order valence-corrected chi connectivity index (χ3v) is 7.33. The summed E-state index contributed by atoms with van der Waals surface area (Å²) in [6, 6.07) is 10.2. The maximum atomic E-state index is 15.2. The molecule has 5 rings (SSSR count). The van der Waals surface area contributed by atoms with Gasteiger partial charge in [-0.2, -0.15) is 0 Å². The van der Waals surface area contributed by atoms with Crippen molar-refractivity contribution in [3.8, 4) is 16.9 Å². The summed E-state index contributed by atoms with van der Waals surface area (Å²) in [6.07, 6.45) is 1.83. The van der Waals surface area contributed by atoms with E-state index in [2.05, 4.69) is 0 Å². The van der Waals surface area contributed by atoms with Gasteiger partial charge in [0, 0.05) is 17.8 Å². The molecule has 0 bridgehead atoms. The van der Waals surface area contributed by atoms with Gasteiger partial charge < -0.3 is 14.7 Å². The van der Waals surface area contributed by atoms with Crippen LogP contribution < -0.4 is 9.64 Å². The van der Waals surface area contributed by atoms with Crippen molar-refractivity contribution in [2.75, 3.05) is 18.1 Å². The molecule has 0 aliphatic carbocycles. The predicted octanol–water partition coefficient (Wildman–Crippen LogP) is 5.92. The van der Waals surface area contributed by atoms with Crippen molar-refractivity contribution in [3.05, 3.63) is 80.6 Å². The summed E-state index contributed by atoms with van der Waals surface area (Å²) in [5, 5.41) is 10.0. The van der Waals surface area contributed by atoms with Crippen molar-refractivity contribution in [2.24, 2.45) is 0 Å². The summed E-state index contributed by atoms with van der Waals surface area (Å²) >= 11 is 6.30. The number of carboxylic acid groups (broad SMARTS) is 1. The Hall–Kier alpha value is -3.38. The number of carboxylic acids is 1. The SMILES string of the molecule is Cc1cc2c(c(-c3cc(F)c4c(c3C)CCCO4)c1CC(=O)O)CCN2C(=O)c1ccccc1Cl. The minimum Gasteiger partial charge on any atom is -0.490 e. The zero-order chi connectivity index (χ0) is 24.9. The van der Waals surface area contributed by atoms with Crippen LogP contribution in [0.2, 0.25) is 5.02 Å². The Labute approximate surface area is 208 Å². The number of amides is 1. The highest BCUT2D eigenvalue weighted by atomic mass is 35.5. The molecular formula is C28H25ClFNO4. The van der Waals surface area contributed by atoms with Crippen LogP contribution in [0.15, 0.2) is 36.4 Å². The van der Waals surface area contributed by atoms with Gasteiger partial charge in [-0.15, -0.1) is 0 Å². The molecule has 1 amide bonds. The molecule has 0 radical (unpaired) electrons. The highest BCUT2D eigenvalue weighted by Crippen LogP contribution is 2.45. The number of aliphatic carboxylic acids is 1. The van der Waals surface area contributed by atoms with Gasteiger partial charge >= 0.3 is 5.97 Å². The molecule has 2 heterocycles. The van der Waals surface area contributed by atoms with E-state index in [1.807, 2.05) is 19.9 Å². The number of halogens is 2. The van der Waals surface area contributed by atoms with Gasteiger partial charge in [-0.3, -0.25) is 9.59 Å². The Morgan fingerprint density at radius 2 is 1.91 bits per heavy atom. The normalized spacial score (nSPS) is 14.3. The van der Waals surface area contributed by atoms with Gasteiger partial charge in [-0.05, 0) is 90.8 Å². The van der Waals surface area contributed by atoms with E-state index in [4.69, 9.17) is 16.3 Å². The molecule has 0 spiro atoms. The van der Waals surface area contributed by atoms with Crippen molar-refractivity contribution in [1.29, 1.82) is 0 Å². The number of rotatable bonds is 4. The summed E-state index contributed by atoms with van der Waals surface area (Å²) < 4.78 is 20.8. The van der Waals surface area contributed by atoms with Crippen molar-refractivity contribution in [2.45, 2.75) is 39.5 Å². The van der Waals surface area contributed by atoms with Crippen LogP contribution in [-0.2, 0) is 24.1 Å². The Morgan fingerprint density at radius 3 is 2.66 bits per heavy atom. The molecule has 5 nitrogen and oxygen atoms in total. The summed E-state index contributed by atoms with van der Waals surface area (Å²) in [5.74, 6) is -1.33. The van der Waals surface area contributed by atoms with Gasteiger partial charge in [0.05, 0.1) is 23.6 Å². The minimum atomic E-state index is -0.962. The second kappa shape index (κ2) is 9.00. The highest BCUT2D eigenvalue weighted by Gasteiger charge is 2.33. The number of ether oxygens (including phenoxy) is 1. The van der Waals surface area contributed by atoms with Crippen LogP contribution in [0.1, 0.15) is 44.6 Å². The minimum absolute atomic E-state index is 0.193. The summed E-state index contributed by atoms with van der Waals surface area (Å²) in [4.78, 5) is 26.9. The lowest BCUT2D eigenvalue weighted by atomic mass is 9.84. The molecule has 0 unspecified atom stereocenters. The Kier molecular flexibility index (Phi) is 6.01. The fourth-order valence-corrected chi connectivity index (χ4v) is 5.55. The molecule has 3 aromatic rings. The van der Waals surface area contributed by atoms with E-state index in [1.165, 1.54) is 6.07 Å². The number of carbonyl (C=O) groups is 2. The Balaban J connectivity index is 1.73. The van der Waals surface area contributed by atoms with E-state index in [0.29, 0.717) is 59.0 Å². The van der Waals surface area contributed by atoms with Gasteiger partial charge in [-0.25, -0.2) is 4.39 Å². The molecule has 0 atom stereocenters. The number of aryl methyl sites for hydroxylation is 1. The summed E-state index contributed by atoms with van der Waals surface area (Å²) in [7, 11) is 0. The van der Waals surface area contributed by atoms with Crippen molar-refractivity contribution >= 4 is 29.2 Å². The van der Waals surface area contributed by atoms with E-state index < -0.39 is 11.8 Å². The molecule has 1 N–H and O–H groups in total. The average Bonchev–Trinajstić information content (AvgIpc) is 3.25. The number of hydrogen-bond acceptors (Lipinski definition) is 3. The second-order valence-electron chi connectivity index (χ2n) is 9.09. The van der Waals surface area contributed by atoms with Crippen molar-refractivity contribution in [3.63, 3.8) is 0 Å². The molecule has 0 saturated heterocycles. The standard InChI is InChI=1S/C28H25ClFNO4/c1-15-12-24-19(9-10-31(24)28(34)18-6-3-4-8-22(18)29)26(20(15)14-25(32)33)21-13-23(30)27-17(16(21)2)7-5-11-35-27/h3-4,6,8,12-13H,5,7,9-11,14H2,1-2H3,(H,32,33). The summed E-state index contributed by atoms with van der Waals surface area (Å²) in [6.45, 7) is 4.68. The maximum Gasteiger partial charge on any atom is 0.307 e. The Morgan fingerprint density at radius 1 is 1.14 bits per heavy atom. The first-order valence-corrected chi connectivity index (χ1v) is 12.0. The number of nitrogens with zero attached hydrogens (tertiary/aromatic N) is 1. The lowest BCUT2D eigenvalue weighted by Gasteiger charge is -2.25. The fourth-order valence-electron chi connectivity index (χ4n) is 5.34. The number of anilines is 1. The molecule has 2 aliphatic heterocycles. The molecule has 0 saturated carbocycles. The number of hydrogen-bond donors (Lipinski definition) is 1. The van der Waals surface area contributed by atoms with E-state index >= 15 is 4.39 Å². The maximum absolute atomic E-state index is 15.2. The molecule has 0 fully saturated rings. The van der Waals surface area contributed by atoms with E-state index in [1.54, 1.807) is 29.2 Å². The zero-order valence-corrected chi connectivity index (χ0v) is 20.3. The van der Waals surface area contributed by atoms with Crippen LogP contribution in [0.5, 0.6) is 5.75 Å². The average molecular weight is 494 g/mol. The van der Waals surface area contributed by atoms with E-state index in [-0.39, 0.29) is 18.1 Å².